The van der Waals surface area contributed by atoms with E-state index in [1.165, 1.54) is 6.07 Å². The van der Waals surface area contributed by atoms with Crippen LogP contribution >= 0.6 is 15.9 Å². The minimum atomic E-state index is -0.278. The average Bonchev–Trinajstić information content (AvgIpc) is 2.77. The van der Waals surface area contributed by atoms with Crippen molar-refractivity contribution in [3.8, 4) is 0 Å². The second kappa shape index (κ2) is 3.31. The molecule has 2 N–H and O–H groups in total. The van der Waals surface area contributed by atoms with Crippen LogP contribution in [0.4, 0.5) is 4.39 Å². The van der Waals surface area contributed by atoms with Gasteiger partial charge in [-0.3, -0.25) is 0 Å². The molecule has 14 heavy (non-hydrogen) atoms. The molecule has 1 fully saturated rings. The van der Waals surface area contributed by atoms with Crippen LogP contribution in [0.15, 0.2) is 22.7 Å². The van der Waals surface area contributed by atoms with Gasteiger partial charge in [-0.2, -0.15) is 0 Å². The Labute approximate surface area is 91.6 Å². The fourth-order valence-electron chi connectivity index (χ4n) is 2.03. The lowest BCUT2D eigenvalue weighted by atomic mass is 10.0. The highest BCUT2D eigenvalue weighted by Crippen LogP contribution is 2.51. The van der Waals surface area contributed by atoms with Gasteiger partial charge in [0.1, 0.15) is 5.82 Å². The van der Waals surface area contributed by atoms with E-state index in [1.54, 1.807) is 6.07 Å². The van der Waals surface area contributed by atoms with Crippen LogP contribution in [0.5, 0.6) is 0 Å². The summed E-state index contributed by atoms with van der Waals surface area (Å²) in [4.78, 5) is 0. The summed E-state index contributed by atoms with van der Waals surface area (Å²) in [6, 6.07) is 4.91. The smallest absolute Gasteiger partial charge is 0.124 e. The van der Waals surface area contributed by atoms with Crippen LogP contribution in [-0.2, 0) is 5.54 Å². The zero-order valence-corrected chi connectivity index (χ0v) is 9.64. The third-order valence-corrected chi connectivity index (χ3v) is 3.50. The first-order valence-electron chi connectivity index (χ1n) is 4.81. The van der Waals surface area contributed by atoms with E-state index in [0.29, 0.717) is 5.92 Å². The molecule has 2 unspecified atom stereocenters. The van der Waals surface area contributed by atoms with Crippen molar-refractivity contribution in [3.63, 3.8) is 0 Å². The van der Waals surface area contributed by atoms with E-state index in [2.05, 4.69) is 22.9 Å². The predicted molar refractivity (Wildman–Crippen MR) is 58.4 cm³/mol. The minimum Gasteiger partial charge on any atom is -0.321 e. The van der Waals surface area contributed by atoms with E-state index >= 15 is 0 Å². The van der Waals surface area contributed by atoms with Crippen molar-refractivity contribution >= 4 is 15.9 Å². The van der Waals surface area contributed by atoms with E-state index in [0.717, 1.165) is 22.9 Å². The molecule has 1 aromatic carbocycles. The Bertz CT molecular complexity index is 346. The van der Waals surface area contributed by atoms with Gasteiger partial charge in [-0.25, -0.2) is 4.39 Å². The van der Waals surface area contributed by atoms with Crippen molar-refractivity contribution in [2.75, 3.05) is 0 Å². The molecule has 0 radical (unpaired) electrons. The molecule has 76 valence electrons. The van der Waals surface area contributed by atoms with Crippen molar-refractivity contribution in [1.82, 2.24) is 0 Å². The molecule has 0 saturated heterocycles. The van der Waals surface area contributed by atoms with Gasteiger partial charge in [0, 0.05) is 10.0 Å². The van der Waals surface area contributed by atoms with E-state index < -0.39 is 0 Å². The fraction of sp³-hybridized carbons (Fsp3) is 0.455. The molecule has 1 aliphatic carbocycles. The third kappa shape index (κ3) is 1.59. The summed E-state index contributed by atoms with van der Waals surface area (Å²) in [6.07, 6.45) is 2.03. The molecule has 0 amide bonds. The van der Waals surface area contributed by atoms with Crippen molar-refractivity contribution < 1.29 is 4.39 Å². The van der Waals surface area contributed by atoms with Gasteiger partial charge < -0.3 is 5.73 Å². The fourth-order valence-corrected chi connectivity index (χ4v) is 2.50. The highest BCUT2D eigenvalue weighted by molar-refractivity contribution is 9.10. The standard InChI is InChI=1S/C11H13BrFN/c1-2-7-6-11(7,14)8-3-9(12)5-10(13)4-8/h3-5,7H,2,6,14H2,1H3. The lowest BCUT2D eigenvalue weighted by Crippen LogP contribution is -2.22. The summed E-state index contributed by atoms with van der Waals surface area (Å²) in [5, 5.41) is 0. The zero-order valence-electron chi connectivity index (χ0n) is 8.06. The molecule has 1 saturated carbocycles. The average molecular weight is 258 g/mol. The van der Waals surface area contributed by atoms with Crippen molar-refractivity contribution in [3.05, 3.63) is 34.1 Å². The van der Waals surface area contributed by atoms with Gasteiger partial charge >= 0.3 is 0 Å². The number of hydrogen-bond acceptors (Lipinski definition) is 1. The summed E-state index contributed by atoms with van der Waals surface area (Å²) < 4.78 is 13.9. The summed E-state index contributed by atoms with van der Waals surface area (Å²) >= 11 is 3.28. The molecule has 3 heteroatoms. The van der Waals surface area contributed by atoms with Gasteiger partial charge in [0.2, 0.25) is 0 Å². The SMILES string of the molecule is CCC1CC1(N)c1cc(F)cc(Br)c1. The monoisotopic (exact) mass is 257 g/mol. The molecule has 1 aliphatic rings. The number of halogens is 2. The maximum absolute atomic E-state index is 13.1. The summed E-state index contributed by atoms with van der Waals surface area (Å²) in [6.45, 7) is 2.12. The Morgan fingerprint density at radius 3 is 2.79 bits per heavy atom. The molecule has 2 rings (SSSR count). The quantitative estimate of drug-likeness (QED) is 0.866. The van der Waals surface area contributed by atoms with Gasteiger partial charge in [-0.15, -0.1) is 0 Å². The Morgan fingerprint density at radius 1 is 1.57 bits per heavy atom. The molecule has 0 aliphatic heterocycles. The summed E-state index contributed by atoms with van der Waals surface area (Å²) in [5.74, 6) is 0.289. The van der Waals surface area contributed by atoms with Crippen LogP contribution in [-0.4, -0.2) is 0 Å². The first-order chi connectivity index (χ1) is 6.56. The molecule has 0 aromatic heterocycles. The Hall–Kier alpha value is -0.410. The Kier molecular flexibility index (Phi) is 2.40. The maximum Gasteiger partial charge on any atom is 0.124 e. The highest BCUT2D eigenvalue weighted by Gasteiger charge is 2.50. The number of benzene rings is 1. The zero-order chi connectivity index (χ0) is 10.3. The normalized spacial score (nSPS) is 30.4. The Morgan fingerprint density at radius 2 is 2.29 bits per heavy atom. The van der Waals surface area contributed by atoms with E-state index in [9.17, 15) is 4.39 Å². The maximum atomic E-state index is 13.1. The van der Waals surface area contributed by atoms with Crippen molar-refractivity contribution in [2.24, 2.45) is 11.7 Å². The third-order valence-electron chi connectivity index (χ3n) is 3.05. The molecule has 0 bridgehead atoms. The first kappa shape index (κ1) is 10.1. The topological polar surface area (TPSA) is 26.0 Å². The number of hydrogen-bond donors (Lipinski definition) is 1. The van der Waals surface area contributed by atoms with Crippen LogP contribution in [0.25, 0.3) is 0 Å². The second-order valence-corrected chi connectivity index (χ2v) is 4.92. The van der Waals surface area contributed by atoms with Crippen LogP contribution in [0.2, 0.25) is 0 Å². The Balaban J connectivity index is 2.34. The van der Waals surface area contributed by atoms with E-state index in [1.807, 2.05) is 6.07 Å². The molecule has 1 nitrogen and oxygen atoms in total. The lowest BCUT2D eigenvalue weighted by molar-refractivity contribution is 0.592. The molecular formula is C11H13BrFN. The molecule has 2 atom stereocenters. The van der Waals surface area contributed by atoms with Crippen LogP contribution in [0.3, 0.4) is 0 Å². The van der Waals surface area contributed by atoms with Crippen molar-refractivity contribution in [1.29, 1.82) is 0 Å². The van der Waals surface area contributed by atoms with Crippen LogP contribution < -0.4 is 5.73 Å². The molecule has 1 aromatic rings. The van der Waals surface area contributed by atoms with Crippen LogP contribution in [0, 0.1) is 11.7 Å². The van der Waals surface area contributed by atoms with Gasteiger partial charge in [0.05, 0.1) is 0 Å². The highest BCUT2D eigenvalue weighted by atomic mass is 79.9. The summed E-state index contributed by atoms with van der Waals surface area (Å²) in [5.41, 5.74) is 6.81. The van der Waals surface area contributed by atoms with Gasteiger partial charge in [0.25, 0.3) is 0 Å². The molecule has 0 spiro atoms. The van der Waals surface area contributed by atoms with E-state index in [4.69, 9.17) is 5.73 Å². The first-order valence-corrected chi connectivity index (χ1v) is 5.61. The molecule has 0 heterocycles. The van der Waals surface area contributed by atoms with Crippen molar-refractivity contribution in [2.45, 2.75) is 25.3 Å². The lowest BCUT2D eigenvalue weighted by Gasteiger charge is -2.12. The minimum absolute atomic E-state index is 0.221. The van der Waals surface area contributed by atoms with Gasteiger partial charge in [-0.05, 0) is 36.1 Å². The number of rotatable bonds is 2. The largest absolute Gasteiger partial charge is 0.321 e. The molecular weight excluding hydrogens is 245 g/mol. The van der Waals surface area contributed by atoms with E-state index in [-0.39, 0.29) is 11.4 Å². The van der Waals surface area contributed by atoms with Gasteiger partial charge in [0.15, 0.2) is 0 Å². The predicted octanol–water partition coefficient (Wildman–Crippen LogP) is 3.17. The van der Waals surface area contributed by atoms with Gasteiger partial charge in [-0.1, -0.05) is 29.3 Å². The van der Waals surface area contributed by atoms with Crippen LogP contribution in [0.1, 0.15) is 25.3 Å². The summed E-state index contributed by atoms with van der Waals surface area (Å²) in [7, 11) is 0. The number of nitrogens with two attached hydrogens (primary N) is 1. The second-order valence-electron chi connectivity index (χ2n) is 4.01.